The smallest absolute Gasteiger partial charge is 0.389 e. The molecule has 0 atom stereocenters. The molecule has 3 saturated carbocycles. The van der Waals surface area contributed by atoms with E-state index in [2.05, 4.69) is 5.32 Å². The van der Waals surface area contributed by atoms with Crippen molar-refractivity contribution >= 4 is 22.7 Å². The summed E-state index contributed by atoms with van der Waals surface area (Å²) in [5.41, 5.74) is 0.683. The second-order valence-electron chi connectivity index (χ2n) is 11.7. The zero-order valence-corrected chi connectivity index (χ0v) is 23.1. The molecular weight excluding hydrogens is 553 g/mol. The minimum atomic E-state index is -4.53. The molecule has 3 aromatic carbocycles. The van der Waals surface area contributed by atoms with Crippen molar-refractivity contribution in [1.29, 1.82) is 0 Å². The predicted octanol–water partition coefficient (Wildman–Crippen LogP) is 8.58. The summed E-state index contributed by atoms with van der Waals surface area (Å²) in [6.07, 6.45) is -3.40. The minimum absolute atomic E-state index is 0.0329. The average Bonchev–Trinajstić information content (AvgIpc) is 3.28. The van der Waals surface area contributed by atoms with Crippen molar-refractivity contribution in [3.05, 3.63) is 82.4 Å². The first-order valence-corrected chi connectivity index (χ1v) is 13.8. The summed E-state index contributed by atoms with van der Waals surface area (Å²) < 4.78 is 77.5. The topological polar surface area (TPSA) is 59.3 Å². The maximum absolute atomic E-state index is 16.7. The van der Waals surface area contributed by atoms with Gasteiger partial charge in [-0.05, 0) is 73.3 Å². The van der Waals surface area contributed by atoms with Crippen LogP contribution in [0.1, 0.15) is 63.9 Å². The Labute approximate surface area is 238 Å². The Morgan fingerprint density at radius 3 is 2.26 bits per heavy atom. The fourth-order valence-corrected chi connectivity index (χ4v) is 6.50. The lowest BCUT2D eigenvalue weighted by Gasteiger charge is -2.62. The quantitative estimate of drug-likeness (QED) is 0.168. The maximum Gasteiger partial charge on any atom is 0.389 e. The molecule has 9 heteroatoms. The highest BCUT2D eigenvalue weighted by Crippen LogP contribution is 2.66. The number of hydrogen-bond donors (Lipinski definition) is 1. The van der Waals surface area contributed by atoms with Crippen LogP contribution in [-0.2, 0) is 6.42 Å². The zero-order valence-electron chi connectivity index (χ0n) is 23.1. The van der Waals surface area contributed by atoms with Crippen LogP contribution in [0.4, 0.5) is 22.0 Å². The first kappa shape index (κ1) is 28.1. The molecule has 0 saturated heterocycles. The van der Waals surface area contributed by atoms with E-state index in [0.29, 0.717) is 11.5 Å². The molecule has 3 aliphatic rings. The monoisotopic (exact) mass is 581 g/mol. The lowest BCUT2D eigenvalue weighted by molar-refractivity contribution is -0.133. The highest BCUT2D eigenvalue weighted by Gasteiger charge is 2.57. The van der Waals surface area contributed by atoms with Crippen LogP contribution in [0.15, 0.2) is 52.9 Å². The van der Waals surface area contributed by atoms with E-state index < -0.39 is 42.3 Å². The number of hydrogen-bond acceptors (Lipinski definition) is 3. The second-order valence-corrected chi connectivity index (χ2v) is 11.7. The molecule has 3 aliphatic carbocycles. The summed E-state index contributed by atoms with van der Waals surface area (Å²) in [5.74, 6) is -2.12. The molecule has 1 heterocycles. The van der Waals surface area contributed by atoms with Crippen LogP contribution in [0, 0.1) is 29.9 Å². The Balaban J connectivity index is 1.54. The Morgan fingerprint density at radius 1 is 1.00 bits per heavy atom. The number of rotatable bonds is 8. The van der Waals surface area contributed by atoms with Crippen molar-refractivity contribution in [2.45, 2.75) is 51.6 Å². The van der Waals surface area contributed by atoms with Gasteiger partial charge in [-0.15, -0.1) is 0 Å². The number of alkyl halides is 3. The Hall–Kier alpha value is -4.01. The standard InChI is InChI=1S/C33H28F5NO3/c1-17-3-5-19(6-4-17)30-28(31(41)39-2)27-25(42-30)12-21(9-10-33(36,37)38)26(29(27)35)20-7-8-23(34)22(11-20)24(40)16-32-13-18(14-32)15-32/h3-8,11-12,18H,9-10,13-16H2,1-2H3,(H,39,41). The number of carbonyl (C=O) groups excluding carboxylic acids is 2. The molecule has 1 amide bonds. The fourth-order valence-electron chi connectivity index (χ4n) is 6.50. The van der Waals surface area contributed by atoms with Gasteiger partial charge in [-0.1, -0.05) is 35.9 Å². The highest BCUT2D eigenvalue weighted by atomic mass is 19.4. The van der Waals surface area contributed by atoms with Crippen LogP contribution in [0.2, 0.25) is 0 Å². The third-order valence-electron chi connectivity index (χ3n) is 8.70. The second kappa shape index (κ2) is 10.1. The van der Waals surface area contributed by atoms with Gasteiger partial charge in [-0.3, -0.25) is 9.59 Å². The summed E-state index contributed by atoms with van der Waals surface area (Å²) in [4.78, 5) is 26.2. The molecule has 1 aromatic heterocycles. The third kappa shape index (κ3) is 4.88. The molecule has 4 aromatic rings. The number of amides is 1. The normalized spacial score (nSPS) is 19.4. The lowest BCUT2D eigenvalue weighted by Crippen LogP contribution is -2.52. The van der Waals surface area contributed by atoms with Crippen LogP contribution in [-0.4, -0.2) is 24.9 Å². The van der Waals surface area contributed by atoms with Gasteiger partial charge in [-0.2, -0.15) is 13.2 Å². The van der Waals surface area contributed by atoms with Gasteiger partial charge in [0.25, 0.3) is 5.91 Å². The summed E-state index contributed by atoms with van der Waals surface area (Å²) in [7, 11) is 1.38. The van der Waals surface area contributed by atoms with E-state index >= 15 is 4.39 Å². The van der Waals surface area contributed by atoms with Crippen molar-refractivity contribution in [2.75, 3.05) is 7.05 Å². The van der Waals surface area contributed by atoms with Crippen molar-refractivity contribution in [2.24, 2.45) is 11.3 Å². The minimum Gasteiger partial charge on any atom is -0.455 e. The number of nitrogens with one attached hydrogen (secondary N) is 1. The van der Waals surface area contributed by atoms with Gasteiger partial charge in [0.05, 0.1) is 16.5 Å². The number of ketones is 1. The molecule has 0 radical (unpaired) electrons. The molecule has 4 nitrogen and oxygen atoms in total. The van der Waals surface area contributed by atoms with E-state index in [4.69, 9.17) is 4.42 Å². The van der Waals surface area contributed by atoms with E-state index in [9.17, 15) is 27.2 Å². The fraction of sp³-hybridized carbons (Fsp3) is 0.333. The number of fused-ring (bicyclic) bond motifs is 1. The maximum atomic E-state index is 16.7. The third-order valence-corrected chi connectivity index (χ3v) is 8.70. The molecule has 0 aliphatic heterocycles. The number of carbonyl (C=O) groups is 2. The molecule has 1 N–H and O–H groups in total. The lowest BCUT2D eigenvalue weighted by atomic mass is 9.43. The first-order chi connectivity index (χ1) is 19.9. The van der Waals surface area contributed by atoms with Crippen LogP contribution in [0.3, 0.4) is 0 Å². The molecule has 42 heavy (non-hydrogen) atoms. The Bertz CT molecular complexity index is 1720. The van der Waals surface area contributed by atoms with E-state index in [0.717, 1.165) is 30.9 Å². The average molecular weight is 582 g/mol. The van der Waals surface area contributed by atoms with E-state index in [1.54, 1.807) is 24.3 Å². The van der Waals surface area contributed by atoms with Crippen LogP contribution < -0.4 is 5.32 Å². The Kier molecular flexibility index (Phi) is 6.74. The van der Waals surface area contributed by atoms with E-state index in [1.165, 1.54) is 25.2 Å². The molecule has 0 spiro atoms. The zero-order chi connectivity index (χ0) is 30.0. The number of aryl methyl sites for hydroxylation is 2. The van der Waals surface area contributed by atoms with Crippen molar-refractivity contribution in [3.8, 4) is 22.5 Å². The Morgan fingerprint density at radius 2 is 1.67 bits per heavy atom. The van der Waals surface area contributed by atoms with Crippen LogP contribution >= 0.6 is 0 Å². The van der Waals surface area contributed by atoms with Crippen molar-refractivity contribution in [3.63, 3.8) is 0 Å². The van der Waals surface area contributed by atoms with Gasteiger partial charge < -0.3 is 9.73 Å². The van der Waals surface area contributed by atoms with E-state index in [-0.39, 0.29) is 56.4 Å². The number of Topliss-reactive ketones (excluding diaryl/α,β-unsaturated/α-hetero) is 1. The van der Waals surface area contributed by atoms with Gasteiger partial charge in [-0.25, -0.2) is 8.78 Å². The molecule has 7 rings (SSSR count). The van der Waals surface area contributed by atoms with Crippen molar-refractivity contribution in [1.82, 2.24) is 5.32 Å². The molecule has 0 unspecified atom stereocenters. The van der Waals surface area contributed by atoms with Gasteiger partial charge >= 0.3 is 6.18 Å². The van der Waals surface area contributed by atoms with Crippen LogP contribution in [0.25, 0.3) is 33.4 Å². The van der Waals surface area contributed by atoms with Crippen LogP contribution in [0.5, 0.6) is 0 Å². The highest BCUT2D eigenvalue weighted by molar-refractivity contribution is 6.12. The first-order valence-electron chi connectivity index (χ1n) is 13.8. The van der Waals surface area contributed by atoms with E-state index in [1.807, 2.05) is 6.92 Å². The van der Waals surface area contributed by atoms with Gasteiger partial charge in [0.1, 0.15) is 23.0 Å². The number of furan rings is 1. The molecule has 218 valence electrons. The summed E-state index contributed by atoms with van der Waals surface area (Å²) in [6, 6.07) is 11.8. The predicted molar refractivity (Wildman–Crippen MR) is 148 cm³/mol. The molecular formula is C33H28F5NO3. The number of halogens is 5. The number of benzene rings is 3. The van der Waals surface area contributed by atoms with Crippen molar-refractivity contribution < 1.29 is 36.0 Å². The largest absolute Gasteiger partial charge is 0.455 e. The SMILES string of the molecule is CNC(=O)c1c(-c2ccc(C)cc2)oc2cc(CCC(F)(F)F)c(-c3ccc(F)c(C(=O)CC45CC(C4)C5)c3)c(F)c12. The summed E-state index contributed by atoms with van der Waals surface area (Å²) >= 11 is 0. The molecule has 2 bridgehead atoms. The van der Waals surface area contributed by atoms with Gasteiger partial charge in [0.2, 0.25) is 0 Å². The summed E-state index contributed by atoms with van der Waals surface area (Å²) in [5, 5.41) is 2.28. The molecule has 3 fully saturated rings. The van der Waals surface area contributed by atoms with Gasteiger partial charge in [0, 0.05) is 31.0 Å². The summed E-state index contributed by atoms with van der Waals surface area (Å²) in [6.45, 7) is 1.87. The van der Waals surface area contributed by atoms with Gasteiger partial charge in [0.15, 0.2) is 5.78 Å².